The molecule has 1 aliphatic rings. The monoisotopic (exact) mass is 270 g/mol. The standard InChI is InChI=1S/C9H9O2.C5H5.Fe/c10-9-8(5-6-11-9)7-3-1-2-4-7;1-2-4-5-3-1;/h1-4,8H,5-6H2;1-5H;/q2*-1;+2. The largest absolute Gasteiger partial charge is 2.00 e. The average molecular weight is 270 g/mol. The van der Waals surface area contributed by atoms with E-state index in [9.17, 15) is 4.79 Å². The molecule has 1 heterocycles. The normalized spacial score (nSPS) is 17.6. The van der Waals surface area contributed by atoms with E-state index >= 15 is 0 Å². The van der Waals surface area contributed by atoms with Gasteiger partial charge in [-0.2, -0.15) is 35.9 Å². The van der Waals surface area contributed by atoms with E-state index in [1.54, 1.807) is 0 Å². The van der Waals surface area contributed by atoms with Gasteiger partial charge in [0.05, 0.1) is 12.5 Å². The summed E-state index contributed by atoms with van der Waals surface area (Å²) in [5, 5.41) is 0. The first-order chi connectivity index (χ1) is 7.88. The van der Waals surface area contributed by atoms with Crippen molar-refractivity contribution in [2.24, 2.45) is 0 Å². The second kappa shape index (κ2) is 7.10. The molecule has 0 bridgehead atoms. The molecule has 0 aliphatic carbocycles. The number of carbonyl (C=O) groups excluding carboxylic acids is 1. The topological polar surface area (TPSA) is 26.3 Å². The van der Waals surface area contributed by atoms with Crippen LogP contribution in [-0.2, 0) is 26.6 Å². The van der Waals surface area contributed by atoms with E-state index < -0.39 is 0 Å². The SMILES string of the molecule is O=C1OCCC1c1ccc[cH-]1.[Fe+2].c1cc[cH-]c1. The molecule has 90 valence electrons. The number of ether oxygens (including phenoxy) is 1. The molecule has 1 fully saturated rings. The molecule has 2 aromatic carbocycles. The summed E-state index contributed by atoms with van der Waals surface area (Å²) in [4.78, 5) is 11.1. The molecule has 2 aromatic rings. The van der Waals surface area contributed by atoms with Crippen LogP contribution in [0.25, 0.3) is 0 Å². The number of esters is 1. The van der Waals surface area contributed by atoms with Gasteiger partial charge in [-0.25, -0.2) is 24.3 Å². The molecule has 1 atom stereocenters. The van der Waals surface area contributed by atoms with Crippen molar-refractivity contribution >= 4 is 5.97 Å². The molecule has 0 amide bonds. The first-order valence-corrected chi connectivity index (χ1v) is 5.43. The molecule has 3 heteroatoms. The van der Waals surface area contributed by atoms with Gasteiger partial charge in [0.15, 0.2) is 0 Å². The number of cyclic esters (lactones) is 1. The maximum absolute atomic E-state index is 11.1. The van der Waals surface area contributed by atoms with Crippen molar-refractivity contribution in [2.45, 2.75) is 12.3 Å². The molecule has 0 N–H and O–H groups in total. The summed E-state index contributed by atoms with van der Waals surface area (Å²) in [6, 6.07) is 17.8. The second-order valence-corrected chi connectivity index (χ2v) is 3.69. The zero-order valence-corrected chi connectivity index (χ0v) is 10.5. The summed E-state index contributed by atoms with van der Waals surface area (Å²) in [5.41, 5.74) is 1.09. The first kappa shape index (κ1) is 13.8. The Bertz CT molecular complexity index is 386. The predicted octanol–water partition coefficient (Wildman–Crippen LogP) is 2.84. The van der Waals surface area contributed by atoms with Crippen molar-refractivity contribution in [1.82, 2.24) is 0 Å². The zero-order valence-electron chi connectivity index (χ0n) is 9.36. The summed E-state index contributed by atoms with van der Waals surface area (Å²) in [7, 11) is 0. The fraction of sp³-hybridized carbons (Fsp3) is 0.214. The summed E-state index contributed by atoms with van der Waals surface area (Å²) in [5.74, 6) is -0.0683. The average Bonchev–Trinajstić information content (AvgIpc) is 3.02. The van der Waals surface area contributed by atoms with Crippen LogP contribution in [0.4, 0.5) is 0 Å². The molecule has 1 unspecified atom stereocenters. The fourth-order valence-electron chi connectivity index (χ4n) is 1.74. The number of rotatable bonds is 1. The van der Waals surface area contributed by atoms with Gasteiger partial charge in [0.1, 0.15) is 0 Å². The fourth-order valence-corrected chi connectivity index (χ4v) is 1.74. The molecule has 0 spiro atoms. The van der Waals surface area contributed by atoms with E-state index in [0.717, 1.165) is 12.0 Å². The molecule has 17 heavy (non-hydrogen) atoms. The van der Waals surface area contributed by atoms with E-state index in [2.05, 4.69) is 0 Å². The van der Waals surface area contributed by atoms with Gasteiger partial charge in [-0.1, -0.05) is 0 Å². The molecule has 1 saturated heterocycles. The Morgan fingerprint density at radius 3 is 2.35 bits per heavy atom. The molecular weight excluding hydrogens is 256 g/mol. The Hall–Kier alpha value is -1.31. The van der Waals surface area contributed by atoms with E-state index in [1.807, 2.05) is 54.6 Å². The molecule has 2 nitrogen and oxygen atoms in total. The zero-order chi connectivity index (χ0) is 11.2. The summed E-state index contributed by atoms with van der Waals surface area (Å²) in [6.07, 6.45) is 0.836. The van der Waals surface area contributed by atoms with E-state index in [0.29, 0.717) is 6.61 Å². The molecule has 0 aromatic heterocycles. The van der Waals surface area contributed by atoms with Gasteiger partial charge in [0.25, 0.3) is 0 Å². The first-order valence-electron chi connectivity index (χ1n) is 5.43. The minimum Gasteiger partial charge on any atom is -0.465 e. The van der Waals surface area contributed by atoms with E-state index in [1.165, 1.54) is 0 Å². The van der Waals surface area contributed by atoms with Gasteiger partial charge in [-0.15, -0.1) is 0 Å². The van der Waals surface area contributed by atoms with Crippen LogP contribution in [0, 0.1) is 0 Å². The van der Waals surface area contributed by atoms with Gasteiger partial charge in [0, 0.05) is 0 Å². The number of carbonyl (C=O) groups is 1. The van der Waals surface area contributed by atoms with Crippen molar-refractivity contribution in [3.05, 3.63) is 60.2 Å². The third-order valence-corrected chi connectivity index (χ3v) is 2.58. The van der Waals surface area contributed by atoms with Crippen LogP contribution >= 0.6 is 0 Å². The quantitative estimate of drug-likeness (QED) is 0.452. The van der Waals surface area contributed by atoms with Crippen molar-refractivity contribution < 1.29 is 26.6 Å². The van der Waals surface area contributed by atoms with Crippen molar-refractivity contribution in [3.8, 4) is 0 Å². The van der Waals surface area contributed by atoms with Gasteiger partial charge in [0.2, 0.25) is 0 Å². The molecule has 0 radical (unpaired) electrons. The Morgan fingerprint density at radius 2 is 1.94 bits per heavy atom. The van der Waals surface area contributed by atoms with Crippen molar-refractivity contribution in [3.63, 3.8) is 0 Å². The van der Waals surface area contributed by atoms with E-state index in [4.69, 9.17) is 4.74 Å². The van der Waals surface area contributed by atoms with Gasteiger partial charge < -0.3 is 4.74 Å². The molecule has 1 aliphatic heterocycles. The maximum Gasteiger partial charge on any atom is 2.00 e. The van der Waals surface area contributed by atoms with Gasteiger partial charge >= 0.3 is 23.0 Å². The van der Waals surface area contributed by atoms with E-state index in [-0.39, 0.29) is 29.0 Å². The number of hydrogen-bond donors (Lipinski definition) is 0. The molecular formula is C14H14FeO2. The van der Waals surface area contributed by atoms with Crippen LogP contribution in [-0.4, -0.2) is 12.6 Å². The summed E-state index contributed by atoms with van der Waals surface area (Å²) < 4.78 is 4.85. The second-order valence-electron chi connectivity index (χ2n) is 3.69. The van der Waals surface area contributed by atoms with Crippen molar-refractivity contribution in [1.29, 1.82) is 0 Å². The van der Waals surface area contributed by atoms with Crippen molar-refractivity contribution in [2.75, 3.05) is 6.61 Å². The Labute approximate surface area is 112 Å². The third kappa shape index (κ3) is 3.88. The van der Waals surface area contributed by atoms with Crippen LogP contribution in [0.15, 0.2) is 54.6 Å². The van der Waals surface area contributed by atoms with Crippen LogP contribution in [0.5, 0.6) is 0 Å². The third-order valence-electron chi connectivity index (χ3n) is 2.58. The predicted molar refractivity (Wildman–Crippen MR) is 62.4 cm³/mol. The maximum atomic E-state index is 11.1. The molecule has 0 saturated carbocycles. The Kier molecular flexibility index (Phi) is 5.74. The van der Waals surface area contributed by atoms with Crippen LogP contribution < -0.4 is 0 Å². The smallest absolute Gasteiger partial charge is 0.465 e. The molecule has 3 rings (SSSR count). The van der Waals surface area contributed by atoms with Gasteiger partial charge in [-0.3, -0.25) is 4.79 Å². The Balaban J connectivity index is 0.000000205. The Morgan fingerprint density at radius 1 is 1.18 bits per heavy atom. The minimum absolute atomic E-state index is 0. The number of hydrogen-bond acceptors (Lipinski definition) is 2. The van der Waals surface area contributed by atoms with Crippen LogP contribution in [0.1, 0.15) is 17.9 Å². The van der Waals surface area contributed by atoms with Gasteiger partial charge in [-0.05, 0) is 6.42 Å². The van der Waals surface area contributed by atoms with Crippen LogP contribution in [0.3, 0.4) is 0 Å². The minimum atomic E-state index is -0.0730. The van der Waals surface area contributed by atoms with Crippen LogP contribution in [0.2, 0.25) is 0 Å². The summed E-state index contributed by atoms with van der Waals surface area (Å²) in [6.45, 7) is 0.578. The summed E-state index contributed by atoms with van der Waals surface area (Å²) >= 11 is 0.